The molecule has 7 aromatic rings. The Balaban J connectivity index is 1.25. The Hall–Kier alpha value is -5.82. The van der Waals surface area contributed by atoms with Gasteiger partial charge in [0.2, 0.25) is 6.33 Å². The Morgan fingerprint density at radius 1 is 0.652 bits per heavy atom. The van der Waals surface area contributed by atoms with Crippen LogP contribution in [0.4, 0.5) is 22.9 Å². The van der Waals surface area contributed by atoms with Crippen molar-refractivity contribution in [2.45, 2.75) is 13.8 Å². The highest BCUT2D eigenvalue weighted by atomic mass is 16.5. The number of fused-ring (bicyclic) bond motifs is 2. The van der Waals surface area contributed by atoms with Gasteiger partial charge in [-0.15, -0.1) is 0 Å². The minimum absolute atomic E-state index is 0.148. The maximum absolute atomic E-state index is 6.60. The van der Waals surface area contributed by atoms with Crippen molar-refractivity contribution in [1.82, 2.24) is 9.55 Å². The van der Waals surface area contributed by atoms with E-state index >= 15 is 0 Å². The molecule has 0 radical (unpaired) electrons. The van der Waals surface area contributed by atoms with Gasteiger partial charge in [-0.2, -0.15) is 0 Å². The number of aromatic nitrogens is 3. The normalized spacial score (nSPS) is 12.5. The summed E-state index contributed by atoms with van der Waals surface area (Å²) in [7, 11) is 2.02. The molecule has 0 saturated carbocycles. The van der Waals surface area contributed by atoms with Crippen molar-refractivity contribution < 1.29 is 9.30 Å². The lowest BCUT2D eigenvalue weighted by molar-refractivity contribution is -0.649. The third kappa shape index (κ3) is 4.68. The standard InChI is InChI=1S/C39H32BN5O/c1-28-13-11-14-29(2)39(28)40-44(30-15-5-4-6-16-30)36-23-22-33(26-37(36)45(40)38-21-9-10-24-41-38)46-32-18-12-17-31(25-32)43-27-42(3)34-19-7-8-20-35(34)43/h4-26H,1-3H3. The lowest BCUT2D eigenvalue weighted by Crippen LogP contribution is -2.55. The first-order valence-electron chi connectivity index (χ1n) is 15.5. The quantitative estimate of drug-likeness (QED) is 0.112. The second kappa shape index (κ2) is 11.3. The minimum Gasteiger partial charge on any atom is -0.458 e. The average Bonchev–Trinajstić information content (AvgIpc) is 3.60. The number of benzene rings is 5. The Kier molecular flexibility index (Phi) is 6.79. The van der Waals surface area contributed by atoms with Crippen molar-refractivity contribution in [2.24, 2.45) is 7.05 Å². The number of pyridine rings is 1. The molecule has 0 amide bonds. The van der Waals surface area contributed by atoms with Crippen LogP contribution >= 0.6 is 0 Å². The van der Waals surface area contributed by atoms with Crippen molar-refractivity contribution in [2.75, 3.05) is 9.62 Å². The van der Waals surface area contributed by atoms with E-state index in [9.17, 15) is 0 Å². The molecule has 0 saturated heterocycles. The van der Waals surface area contributed by atoms with Crippen LogP contribution in [0.2, 0.25) is 0 Å². The summed E-state index contributed by atoms with van der Waals surface area (Å²) in [6.07, 6.45) is 5.28. The summed E-state index contributed by atoms with van der Waals surface area (Å²) in [6, 6.07) is 46.0. The van der Waals surface area contributed by atoms with Gasteiger partial charge in [-0.1, -0.05) is 90.0 Å². The maximum Gasteiger partial charge on any atom is 0.422 e. The molecule has 0 unspecified atom stereocenters. The largest absolute Gasteiger partial charge is 0.458 e. The molecule has 8 rings (SSSR count). The smallest absolute Gasteiger partial charge is 0.422 e. The number of imidazole rings is 1. The van der Waals surface area contributed by atoms with Gasteiger partial charge >= 0.3 is 6.98 Å². The Morgan fingerprint density at radius 3 is 2.17 bits per heavy atom. The molecular formula is C39H32BN5O. The van der Waals surface area contributed by atoms with E-state index in [1.54, 1.807) is 0 Å². The van der Waals surface area contributed by atoms with Crippen LogP contribution in [-0.2, 0) is 7.05 Å². The molecule has 0 aliphatic carbocycles. The lowest BCUT2D eigenvalue weighted by atomic mass is 9.61. The van der Waals surface area contributed by atoms with Crippen molar-refractivity contribution in [1.29, 1.82) is 0 Å². The van der Waals surface area contributed by atoms with Crippen molar-refractivity contribution >= 4 is 46.4 Å². The summed E-state index contributed by atoms with van der Waals surface area (Å²) in [5, 5.41) is 0. The van der Waals surface area contributed by atoms with Gasteiger partial charge in [0, 0.05) is 18.0 Å². The predicted octanol–water partition coefficient (Wildman–Crippen LogP) is 7.74. The molecule has 2 aromatic heterocycles. The third-order valence-corrected chi connectivity index (χ3v) is 8.73. The topological polar surface area (TPSA) is 37.4 Å². The van der Waals surface area contributed by atoms with Gasteiger partial charge < -0.3 is 23.5 Å². The van der Waals surface area contributed by atoms with Gasteiger partial charge in [0.25, 0.3) is 0 Å². The van der Waals surface area contributed by atoms with Gasteiger partial charge in [-0.3, -0.25) is 0 Å². The van der Waals surface area contributed by atoms with Crippen molar-refractivity contribution in [3.05, 3.63) is 157 Å². The van der Waals surface area contributed by atoms with Gasteiger partial charge in [-0.05, 0) is 67.8 Å². The maximum atomic E-state index is 6.60. The van der Waals surface area contributed by atoms with E-state index in [2.05, 4.69) is 137 Å². The number of nitrogens with zero attached hydrogens (tertiary/aromatic N) is 5. The Morgan fingerprint density at radius 2 is 1.37 bits per heavy atom. The Labute approximate surface area is 269 Å². The van der Waals surface area contributed by atoms with E-state index in [1.807, 2.05) is 48.1 Å². The molecule has 0 N–H and O–H groups in total. The van der Waals surface area contributed by atoms with E-state index in [0.717, 1.165) is 51.1 Å². The van der Waals surface area contributed by atoms with Crippen molar-refractivity contribution in [3.8, 4) is 17.2 Å². The summed E-state index contributed by atoms with van der Waals surface area (Å²) in [5.74, 6) is 2.37. The van der Waals surface area contributed by atoms with E-state index < -0.39 is 0 Å². The highest BCUT2D eigenvalue weighted by molar-refractivity contribution is 6.85. The molecule has 5 aromatic carbocycles. The van der Waals surface area contributed by atoms with Crippen LogP contribution in [0.1, 0.15) is 11.1 Å². The molecular weight excluding hydrogens is 565 g/mol. The predicted molar refractivity (Wildman–Crippen MR) is 186 cm³/mol. The zero-order valence-corrected chi connectivity index (χ0v) is 26.0. The summed E-state index contributed by atoms with van der Waals surface area (Å²) < 4.78 is 10.7. The van der Waals surface area contributed by atoms with Gasteiger partial charge in [0.15, 0.2) is 0 Å². The summed E-state index contributed by atoms with van der Waals surface area (Å²) in [5.41, 5.74) is 10.1. The van der Waals surface area contributed by atoms with Crippen LogP contribution in [-0.4, -0.2) is 16.5 Å². The minimum atomic E-state index is -0.148. The first kappa shape index (κ1) is 27.7. The molecule has 1 aliphatic heterocycles. The van der Waals surface area contributed by atoms with Crippen LogP contribution in [0.3, 0.4) is 0 Å². The number of anilines is 4. The fraction of sp³-hybridized carbons (Fsp3) is 0.0769. The molecule has 0 atom stereocenters. The molecule has 6 nitrogen and oxygen atoms in total. The number of hydrogen-bond acceptors (Lipinski definition) is 4. The molecule has 0 spiro atoms. The average molecular weight is 598 g/mol. The zero-order chi connectivity index (χ0) is 31.2. The van der Waals surface area contributed by atoms with E-state index in [4.69, 9.17) is 9.72 Å². The van der Waals surface area contributed by atoms with Crippen LogP contribution in [0.15, 0.2) is 140 Å². The molecule has 3 heterocycles. The van der Waals surface area contributed by atoms with Crippen LogP contribution in [0.5, 0.6) is 11.5 Å². The molecule has 7 heteroatoms. The van der Waals surface area contributed by atoms with E-state index in [0.29, 0.717) is 0 Å². The summed E-state index contributed by atoms with van der Waals surface area (Å²) >= 11 is 0. The highest BCUT2D eigenvalue weighted by Gasteiger charge is 2.45. The number of ether oxygens (including phenoxy) is 1. The Bertz CT molecular complexity index is 2180. The van der Waals surface area contributed by atoms with E-state index in [1.165, 1.54) is 16.6 Å². The molecule has 1 aliphatic rings. The zero-order valence-electron chi connectivity index (χ0n) is 26.0. The number of rotatable bonds is 6. The van der Waals surface area contributed by atoms with Gasteiger partial charge in [-0.25, -0.2) is 4.98 Å². The molecule has 222 valence electrons. The number of para-hydroxylation sites is 3. The monoisotopic (exact) mass is 597 g/mol. The second-order valence-electron chi connectivity index (χ2n) is 11.7. The first-order chi connectivity index (χ1) is 22.6. The summed E-state index contributed by atoms with van der Waals surface area (Å²) in [4.78, 5) is 9.61. The summed E-state index contributed by atoms with van der Waals surface area (Å²) in [6.45, 7) is 4.24. The lowest BCUT2D eigenvalue weighted by Gasteiger charge is -2.31. The SMILES string of the molecule is Cc1cccc(C)c1B1N(c2ccccc2)c2ccc(Oc3cccc(-n4[c-][n+](C)c5ccccc54)c3)cc2N1c1ccccn1. The third-order valence-electron chi connectivity index (χ3n) is 8.73. The fourth-order valence-electron chi connectivity index (χ4n) is 6.66. The van der Waals surface area contributed by atoms with Crippen LogP contribution in [0.25, 0.3) is 16.7 Å². The molecule has 0 fully saturated rings. The van der Waals surface area contributed by atoms with Crippen molar-refractivity contribution in [3.63, 3.8) is 0 Å². The van der Waals surface area contributed by atoms with Gasteiger partial charge in [0.05, 0.1) is 35.1 Å². The first-order valence-corrected chi connectivity index (χ1v) is 15.5. The highest BCUT2D eigenvalue weighted by Crippen LogP contribution is 2.48. The molecule has 0 bridgehead atoms. The fourth-order valence-corrected chi connectivity index (χ4v) is 6.66. The van der Waals surface area contributed by atoms with Gasteiger partial charge in [0.1, 0.15) is 17.3 Å². The van der Waals surface area contributed by atoms with E-state index in [-0.39, 0.29) is 6.98 Å². The van der Waals surface area contributed by atoms with Crippen LogP contribution in [0, 0.1) is 20.2 Å². The molecule has 46 heavy (non-hydrogen) atoms. The second-order valence-corrected chi connectivity index (χ2v) is 11.7. The number of aryl methyl sites for hydroxylation is 3. The van der Waals surface area contributed by atoms with Crippen LogP contribution < -0.4 is 24.4 Å². The number of hydrogen-bond donors (Lipinski definition) is 0.